The number of carboxylic acid groups (broad SMARTS) is 1. The lowest BCUT2D eigenvalue weighted by molar-refractivity contribution is -0.146. The van der Waals surface area contributed by atoms with Gasteiger partial charge in [-0.2, -0.15) is 0 Å². The number of carbonyl (C=O) groups excluding carboxylic acids is 2. The minimum Gasteiger partial charge on any atom is -0.481 e. The summed E-state index contributed by atoms with van der Waals surface area (Å²) >= 11 is 1.46. The molecule has 2 aliphatic rings. The lowest BCUT2D eigenvalue weighted by Crippen LogP contribution is -2.35. The van der Waals surface area contributed by atoms with Crippen LogP contribution >= 0.6 is 11.3 Å². The predicted molar refractivity (Wildman–Crippen MR) is 122 cm³/mol. The van der Waals surface area contributed by atoms with Crippen molar-refractivity contribution in [1.29, 1.82) is 0 Å². The standard InChI is InChI=1S/C24H26N2O4S/c27-21(16-11-7-8-12-17(16)24(29)30)26-23-20(18-13-5-2-6-14-19(18)31-23)22(28)25-15-9-3-1-4-10-15/h1,3-4,7-10,16-17H,2,5-6,11-14H2,(H,25,28)(H,26,27)(H,29,30)/t16-,17-/m1/s1. The van der Waals surface area contributed by atoms with Crippen molar-refractivity contribution >= 4 is 39.8 Å². The van der Waals surface area contributed by atoms with E-state index in [0.29, 0.717) is 29.1 Å². The number of fused-ring (bicyclic) bond motifs is 1. The van der Waals surface area contributed by atoms with E-state index in [4.69, 9.17) is 0 Å². The number of hydrogen-bond acceptors (Lipinski definition) is 4. The zero-order valence-electron chi connectivity index (χ0n) is 17.2. The summed E-state index contributed by atoms with van der Waals surface area (Å²) in [5, 5.41) is 15.9. The van der Waals surface area contributed by atoms with Gasteiger partial charge < -0.3 is 15.7 Å². The maximum Gasteiger partial charge on any atom is 0.307 e. The Morgan fingerprint density at radius 1 is 0.903 bits per heavy atom. The molecule has 0 saturated carbocycles. The Labute approximate surface area is 185 Å². The largest absolute Gasteiger partial charge is 0.481 e. The normalized spacial score (nSPS) is 20.4. The van der Waals surface area contributed by atoms with Crippen molar-refractivity contribution in [2.75, 3.05) is 10.6 Å². The summed E-state index contributed by atoms with van der Waals surface area (Å²) in [5.41, 5.74) is 2.24. The molecule has 31 heavy (non-hydrogen) atoms. The number of nitrogens with one attached hydrogen (secondary N) is 2. The van der Waals surface area contributed by atoms with E-state index in [9.17, 15) is 19.5 Å². The minimum atomic E-state index is -0.964. The molecule has 0 radical (unpaired) electrons. The average Bonchev–Trinajstić information content (AvgIpc) is 2.94. The number of aliphatic carboxylic acids is 1. The Bertz CT molecular complexity index is 1010. The lowest BCUT2D eigenvalue weighted by Gasteiger charge is -2.24. The zero-order chi connectivity index (χ0) is 21.8. The molecule has 0 saturated heterocycles. The molecular formula is C24H26N2O4S. The van der Waals surface area contributed by atoms with Crippen LogP contribution in [0.3, 0.4) is 0 Å². The molecule has 3 N–H and O–H groups in total. The summed E-state index contributed by atoms with van der Waals surface area (Å²) in [6, 6.07) is 9.25. The van der Waals surface area contributed by atoms with E-state index in [2.05, 4.69) is 10.6 Å². The highest BCUT2D eigenvalue weighted by Crippen LogP contribution is 2.39. The topological polar surface area (TPSA) is 95.5 Å². The number of hydrogen-bond donors (Lipinski definition) is 3. The van der Waals surface area contributed by atoms with Crippen LogP contribution < -0.4 is 10.6 Å². The first-order valence-electron chi connectivity index (χ1n) is 10.7. The molecule has 0 fully saturated rings. The number of rotatable bonds is 5. The SMILES string of the molecule is O=C(Nc1ccccc1)c1c(NC(=O)[C@@H]2CC=CC[C@H]2C(=O)O)sc2c1CCCCC2. The van der Waals surface area contributed by atoms with Crippen LogP contribution in [0.15, 0.2) is 42.5 Å². The fraction of sp³-hybridized carbons (Fsp3) is 0.375. The van der Waals surface area contributed by atoms with Crippen LogP contribution in [0.4, 0.5) is 10.7 Å². The van der Waals surface area contributed by atoms with Gasteiger partial charge in [0, 0.05) is 10.6 Å². The second kappa shape index (κ2) is 9.47. The van der Waals surface area contributed by atoms with Crippen LogP contribution in [0.25, 0.3) is 0 Å². The first-order valence-corrected chi connectivity index (χ1v) is 11.6. The molecule has 2 aromatic rings. The third-order valence-electron chi connectivity index (χ3n) is 6.00. The zero-order valence-corrected chi connectivity index (χ0v) is 18.0. The molecule has 6 nitrogen and oxygen atoms in total. The molecule has 2 aliphatic carbocycles. The number of carboxylic acids is 1. The monoisotopic (exact) mass is 438 g/mol. The lowest BCUT2D eigenvalue weighted by atomic mass is 9.82. The highest BCUT2D eigenvalue weighted by molar-refractivity contribution is 7.17. The van der Waals surface area contributed by atoms with E-state index in [1.54, 1.807) is 0 Å². The number of para-hydroxylation sites is 1. The molecule has 162 valence electrons. The van der Waals surface area contributed by atoms with Crippen molar-refractivity contribution in [3.05, 3.63) is 58.5 Å². The summed E-state index contributed by atoms with van der Waals surface area (Å²) in [6.07, 6.45) is 9.30. The van der Waals surface area contributed by atoms with Gasteiger partial charge in [0.1, 0.15) is 5.00 Å². The summed E-state index contributed by atoms with van der Waals surface area (Å²) < 4.78 is 0. The van der Waals surface area contributed by atoms with Crippen LogP contribution in [0, 0.1) is 11.8 Å². The molecule has 1 aromatic heterocycles. The Hall–Kier alpha value is -2.93. The number of amides is 2. The van der Waals surface area contributed by atoms with Gasteiger partial charge in [0.25, 0.3) is 5.91 Å². The number of aryl methyl sites for hydroxylation is 1. The first-order chi connectivity index (χ1) is 15.0. The maximum absolute atomic E-state index is 13.2. The van der Waals surface area contributed by atoms with Gasteiger partial charge in [-0.15, -0.1) is 11.3 Å². The summed E-state index contributed by atoms with van der Waals surface area (Å²) in [5.74, 6) is -2.92. The van der Waals surface area contributed by atoms with E-state index < -0.39 is 17.8 Å². The smallest absolute Gasteiger partial charge is 0.307 e. The molecule has 7 heteroatoms. The van der Waals surface area contributed by atoms with Gasteiger partial charge >= 0.3 is 5.97 Å². The van der Waals surface area contributed by atoms with Crippen LogP contribution in [0.1, 0.15) is 52.9 Å². The number of carbonyl (C=O) groups is 3. The minimum absolute atomic E-state index is 0.237. The molecule has 2 atom stereocenters. The van der Waals surface area contributed by atoms with Gasteiger partial charge in [0.2, 0.25) is 5.91 Å². The van der Waals surface area contributed by atoms with E-state index in [1.165, 1.54) is 11.3 Å². The van der Waals surface area contributed by atoms with Crippen molar-refractivity contribution < 1.29 is 19.5 Å². The Kier molecular flexibility index (Phi) is 6.51. The predicted octanol–water partition coefficient (Wildman–Crippen LogP) is 4.87. The maximum atomic E-state index is 13.2. The summed E-state index contributed by atoms with van der Waals surface area (Å²) in [6.45, 7) is 0. The fourth-order valence-corrected chi connectivity index (χ4v) is 5.66. The second-order valence-electron chi connectivity index (χ2n) is 8.07. The molecular weight excluding hydrogens is 412 g/mol. The molecule has 4 rings (SSSR count). The van der Waals surface area contributed by atoms with E-state index in [-0.39, 0.29) is 11.8 Å². The van der Waals surface area contributed by atoms with Gasteiger partial charge in [-0.1, -0.05) is 36.8 Å². The third-order valence-corrected chi connectivity index (χ3v) is 7.21. The van der Waals surface area contributed by atoms with Crippen molar-refractivity contribution in [3.8, 4) is 0 Å². The summed E-state index contributed by atoms with van der Waals surface area (Å²) in [7, 11) is 0. The van der Waals surface area contributed by atoms with E-state index in [1.807, 2.05) is 42.5 Å². The molecule has 1 heterocycles. The number of benzene rings is 1. The molecule has 0 spiro atoms. The van der Waals surface area contributed by atoms with Gasteiger partial charge in [-0.25, -0.2) is 0 Å². The fourth-order valence-electron chi connectivity index (χ4n) is 4.37. The van der Waals surface area contributed by atoms with Crippen molar-refractivity contribution in [3.63, 3.8) is 0 Å². The number of anilines is 2. The van der Waals surface area contributed by atoms with Crippen molar-refractivity contribution in [1.82, 2.24) is 0 Å². The van der Waals surface area contributed by atoms with Crippen LogP contribution in [0.2, 0.25) is 0 Å². The van der Waals surface area contributed by atoms with Crippen LogP contribution in [0.5, 0.6) is 0 Å². The van der Waals surface area contributed by atoms with Crippen LogP contribution in [-0.4, -0.2) is 22.9 Å². The van der Waals surface area contributed by atoms with Gasteiger partial charge in [-0.3, -0.25) is 14.4 Å². The third kappa shape index (κ3) is 4.71. The quantitative estimate of drug-likeness (QED) is 0.458. The van der Waals surface area contributed by atoms with Gasteiger partial charge in [-0.05, 0) is 56.2 Å². The first kappa shape index (κ1) is 21.3. The van der Waals surface area contributed by atoms with E-state index in [0.717, 1.165) is 42.5 Å². The van der Waals surface area contributed by atoms with Crippen LogP contribution in [-0.2, 0) is 22.4 Å². The summed E-state index contributed by atoms with van der Waals surface area (Å²) in [4.78, 5) is 39.1. The van der Waals surface area contributed by atoms with Gasteiger partial charge in [0.15, 0.2) is 0 Å². The Balaban J connectivity index is 1.63. The van der Waals surface area contributed by atoms with Crippen molar-refractivity contribution in [2.45, 2.75) is 44.9 Å². The molecule has 0 aliphatic heterocycles. The second-order valence-corrected chi connectivity index (χ2v) is 9.18. The number of allylic oxidation sites excluding steroid dienone is 2. The van der Waals surface area contributed by atoms with Gasteiger partial charge in [0.05, 0.1) is 17.4 Å². The van der Waals surface area contributed by atoms with E-state index >= 15 is 0 Å². The molecule has 0 bridgehead atoms. The highest BCUT2D eigenvalue weighted by atomic mass is 32.1. The Morgan fingerprint density at radius 2 is 1.61 bits per heavy atom. The molecule has 2 amide bonds. The Morgan fingerprint density at radius 3 is 2.35 bits per heavy atom. The molecule has 0 unspecified atom stereocenters. The van der Waals surface area contributed by atoms with Crippen molar-refractivity contribution in [2.24, 2.45) is 11.8 Å². The average molecular weight is 439 g/mol. The number of thiophene rings is 1. The molecule has 1 aromatic carbocycles. The highest BCUT2D eigenvalue weighted by Gasteiger charge is 2.35.